The fourth-order valence-electron chi connectivity index (χ4n) is 12.6. The number of ether oxygens (including phenoxy) is 14. The van der Waals surface area contributed by atoms with E-state index in [9.17, 15) is 123 Å². The van der Waals surface area contributed by atoms with Crippen molar-refractivity contribution < 1.29 is 199 Å². The molecule has 4 fully saturated rings. The van der Waals surface area contributed by atoms with Crippen molar-refractivity contribution >= 4 is 72.8 Å². The summed E-state index contributed by atoms with van der Waals surface area (Å²) < 4.78 is 99.9. The molecule has 21 atom stereocenters. The van der Waals surface area contributed by atoms with Crippen LogP contribution in [0.5, 0.6) is 11.5 Å². The molecule has 1 aromatic carbocycles. The summed E-state index contributed by atoms with van der Waals surface area (Å²) in [4.78, 5) is 156. The van der Waals surface area contributed by atoms with E-state index in [0.717, 1.165) is 50.7 Å². The number of hydrogen-bond acceptors (Lipinski definition) is 40. The van der Waals surface area contributed by atoms with Crippen molar-refractivity contribution in [3.63, 3.8) is 0 Å². The van der Waals surface area contributed by atoms with E-state index in [2.05, 4.69) is 52.4 Å². The van der Waals surface area contributed by atoms with Crippen LogP contribution >= 0.6 is 7.82 Å². The van der Waals surface area contributed by atoms with Gasteiger partial charge >= 0.3 is 7.82 Å². The van der Waals surface area contributed by atoms with Gasteiger partial charge in [-0.1, -0.05) is 12.8 Å². The fraction of sp³-hybridized carbons (Fsp3) is 0.770. The first-order valence-corrected chi connectivity index (χ1v) is 42.2. The summed E-state index contributed by atoms with van der Waals surface area (Å²) in [5.41, 5.74) is -0.192. The Morgan fingerprint density at radius 3 is 0.921 bits per heavy atom. The van der Waals surface area contributed by atoms with E-state index in [-0.39, 0.29) is 136 Å². The van der Waals surface area contributed by atoms with Crippen LogP contribution in [0.25, 0.3) is 0 Å². The minimum atomic E-state index is -4.22. The molecule has 5 rings (SSSR count). The Bertz CT molecular complexity index is 3250. The quantitative estimate of drug-likeness (QED) is 0.0213. The number of phosphoric acid groups is 1. The number of carbonyl (C=O) groups excluding carboxylic acids is 11. The van der Waals surface area contributed by atoms with E-state index in [1.165, 1.54) is 12.1 Å². The van der Waals surface area contributed by atoms with Gasteiger partial charge in [-0.05, 0) is 25.0 Å². The lowest BCUT2D eigenvalue weighted by molar-refractivity contribution is -0.272. The first-order chi connectivity index (χ1) is 60.5. The third-order valence-corrected chi connectivity index (χ3v) is 20.0. The number of benzene rings is 1. The number of nitrogens with zero attached hydrogens (tertiary/aromatic N) is 2. The van der Waals surface area contributed by atoms with E-state index >= 15 is 0 Å². The summed E-state index contributed by atoms with van der Waals surface area (Å²) in [7, 11) is -3.21. The summed E-state index contributed by atoms with van der Waals surface area (Å²) in [6, 6.07) is -1.46. The van der Waals surface area contributed by atoms with E-state index in [1.54, 1.807) is 0 Å². The molecule has 4 saturated heterocycles. The Hall–Kier alpha value is -7.86. The molecule has 0 saturated carbocycles. The summed E-state index contributed by atoms with van der Waals surface area (Å²) >= 11 is 0. The minimum absolute atomic E-state index is 0.0584. The Morgan fingerprint density at radius 1 is 0.370 bits per heavy atom. The number of unbranched alkanes of at least 4 members (excludes halogenated alkanes) is 3. The average molecular weight is 1850 g/mol. The topological polar surface area (TPSA) is 730 Å². The summed E-state index contributed by atoms with van der Waals surface area (Å²) in [6.07, 6.45) is -21.3. The normalized spacial score (nSPS) is 26.3. The van der Waals surface area contributed by atoms with Crippen molar-refractivity contribution in [1.29, 1.82) is 0 Å². The van der Waals surface area contributed by atoms with Crippen molar-refractivity contribution in [1.82, 2.24) is 57.7 Å². The number of aliphatic hydroxyl groups is 12. The van der Waals surface area contributed by atoms with Crippen LogP contribution < -0.4 is 57.3 Å². The summed E-state index contributed by atoms with van der Waals surface area (Å²) in [5, 5.41) is 145. The number of hydrogen-bond donors (Lipinski definition) is 22. The Morgan fingerprint density at radius 2 is 0.654 bits per heavy atom. The zero-order chi connectivity index (χ0) is 93.7. The van der Waals surface area contributed by atoms with Gasteiger partial charge in [-0.25, -0.2) is 4.57 Å². The van der Waals surface area contributed by atoms with Crippen LogP contribution in [0.1, 0.15) is 63.7 Å². The summed E-state index contributed by atoms with van der Waals surface area (Å²) in [5.74, 6) is -9.02. The fourth-order valence-corrected chi connectivity index (χ4v) is 13.1. The molecule has 726 valence electrons. The Balaban J connectivity index is 1.31. The maximum Gasteiger partial charge on any atom is 0.471 e. The number of nitrogens with one attached hydrogen (secondary N) is 9. The molecule has 21 unspecified atom stereocenters. The standard InChI is InChI=1S/C74H124N11O41P/c1-41(90)80-58-66(104)62(100)48(35-86)123-71(58)116-24-20-112-16-11-75-52(94)31-84(32-53(95)76-12-17-113-21-25-117-72-59(81-42(2)91)67(105)63(101)49(36-87)124-72)56(98)39-120-46-28-45(70(108)79-10-8-6-7-9-15-122-127(109,110)111-5)29-47(30-46)121-40-57(99)85(33-54(96)77-13-18-114-22-26-118-73-60(82-43(3)92)68(106)64(102)50(37-88)125-73)34-55(97)78-14-19-115-23-27-119-74-61(83-44(4)93)69(107)65(103)51(38-89)126-74/h28-30,48-51,58-69,71-74,86-89,100-107H,6-27,31-40H2,1-5H3,(H,75,94)(H,76,95)(H,77,96)(H,78,97)(H,79,108)(H,80,90)(H,81,91)(H,82,92)(H,83,93)(H,109,110). The first-order valence-electron chi connectivity index (χ1n) is 40.8. The third-order valence-electron chi connectivity index (χ3n) is 19.1. The van der Waals surface area contributed by atoms with Gasteiger partial charge in [0, 0.05) is 79.2 Å². The van der Waals surface area contributed by atoms with Crippen molar-refractivity contribution in [2.75, 3.05) is 192 Å². The monoisotopic (exact) mass is 1850 g/mol. The molecular formula is C74H124N11O41P. The molecule has 22 N–H and O–H groups in total. The van der Waals surface area contributed by atoms with Gasteiger partial charge in [-0.2, -0.15) is 0 Å². The Labute approximate surface area is 729 Å². The lowest BCUT2D eigenvalue weighted by atomic mass is 9.97. The number of carbonyl (C=O) groups is 11. The highest BCUT2D eigenvalue weighted by Gasteiger charge is 2.49. The van der Waals surface area contributed by atoms with Gasteiger partial charge in [0.25, 0.3) is 17.7 Å². The van der Waals surface area contributed by atoms with Gasteiger partial charge in [-0.15, -0.1) is 0 Å². The number of amides is 11. The van der Waals surface area contributed by atoms with Crippen LogP contribution in [0, 0.1) is 0 Å². The van der Waals surface area contributed by atoms with Crippen LogP contribution in [0.15, 0.2) is 18.2 Å². The lowest BCUT2D eigenvalue weighted by Gasteiger charge is -2.42. The van der Waals surface area contributed by atoms with Crippen LogP contribution in [-0.4, -0.2) is 455 Å². The molecule has 1 aromatic rings. The van der Waals surface area contributed by atoms with E-state index in [4.69, 9.17) is 70.8 Å². The molecule has 52 nitrogen and oxygen atoms in total. The molecule has 0 bridgehead atoms. The number of phosphoric ester groups is 1. The predicted octanol–water partition coefficient (Wildman–Crippen LogP) is -12.5. The van der Waals surface area contributed by atoms with Gasteiger partial charge in [0.15, 0.2) is 38.4 Å². The van der Waals surface area contributed by atoms with Crippen molar-refractivity contribution in [3.05, 3.63) is 23.8 Å². The molecule has 0 aromatic heterocycles. The van der Waals surface area contributed by atoms with Gasteiger partial charge in [0.2, 0.25) is 47.3 Å². The maximum absolute atomic E-state index is 14.3. The average Bonchev–Trinajstić information content (AvgIpc) is 0.819. The number of rotatable bonds is 60. The number of aliphatic hydroxyl groups excluding tert-OH is 12. The molecule has 0 spiro atoms. The molecule has 4 aliphatic heterocycles. The third kappa shape index (κ3) is 39.4. The SMILES string of the molecule is COP(=O)(O)OCCCCCCNC(=O)c1cc(OCC(=O)N(CC(=O)NCCOCCOC2OC(CO)C(O)C(O)C2NC(C)=O)CC(=O)NCCOCCOC2OC(CO)C(O)C(O)C2NC(C)=O)cc(OCC(=O)N(CC(=O)NCCOCCOC2OC(CO)C(O)C(O)C2NC(C)=O)CC(=O)NCCOCCOC2OC(CO)C(O)C(O)C2NC(C)=O)c1. The molecule has 11 amide bonds. The molecule has 127 heavy (non-hydrogen) atoms. The van der Waals surface area contributed by atoms with Gasteiger partial charge < -0.3 is 190 Å². The molecule has 4 heterocycles. The second-order valence-corrected chi connectivity index (χ2v) is 30.5. The lowest BCUT2D eigenvalue weighted by Crippen LogP contribution is -2.64. The molecular weight excluding hydrogens is 1730 g/mol. The van der Waals surface area contributed by atoms with Gasteiger partial charge in [-0.3, -0.25) is 61.8 Å². The van der Waals surface area contributed by atoms with Crippen molar-refractivity contribution in [3.8, 4) is 11.5 Å². The van der Waals surface area contributed by atoms with Crippen LogP contribution in [-0.2, 0) is 118 Å². The highest BCUT2D eigenvalue weighted by molar-refractivity contribution is 7.47. The summed E-state index contributed by atoms with van der Waals surface area (Å²) in [6.45, 7) is -6.38. The smallest absolute Gasteiger partial charge is 0.471 e. The van der Waals surface area contributed by atoms with Gasteiger partial charge in [0.05, 0.1) is 112 Å². The van der Waals surface area contributed by atoms with Crippen molar-refractivity contribution in [2.45, 2.75) is 176 Å². The largest absolute Gasteiger partial charge is 0.484 e. The molecule has 53 heteroatoms. The van der Waals surface area contributed by atoms with Crippen molar-refractivity contribution in [2.24, 2.45) is 0 Å². The highest BCUT2D eigenvalue weighted by Crippen LogP contribution is 2.42. The van der Waals surface area contributed by atoms with E-state index < -0.39 is 261 Å². The predicted molar refractivity (Wildman–Crippen MR) is 425 cm³/mol. The highest BCUT2D eigenvalue weighted by atomic mass is 31.2. The second kappa shape index (κ2) is 58.7. The maximum atomic E-state index is 14.3. The van der Waals surface area contributed by atoms with E-state index in [0.29, 0.717) is 25.7 Å². The second-order valence-electron chi connectivity index (χ2n) is 29.0. The molecule has 0 radical (unpaired) electrons. The first kappa shape index (κ1) is 110. The van der Waals surface area contributed by atoms with Crippen LogP contribution in [0.2, 0.25) is 0 Å². The zero-order valence-corrected chi connectivity index (χ0v) is 71.9. The zero-order valence-electron chi connectivity index (χ0n) is 71.0. The van der Waals surface area contributed by atoms with Crippen LogP contribution in [0.4, 0.5) is 0 Å². The van der Waals surface area contributed by atoms with Crippen LogP contribution in [0.3, 0.4) is 0 Å². The minimum Gasteiger partial charge on any atom is -0.484 e. The molecule has 4 aliphatic rings. The van der Waals surface area contributed by atoms with E-state index in [1.807, 2.05) is 0 Å². The Kier molecular flexibility index (Phi) is 50.7. The molecule has 0 aliphatic carbocycles. The van der Waals surface area contributed by atoms with Gasteiger partial charge in [0.1, 0.15) is 135 Å².